The average Bonchev–Trinajstić information content (AvgIpc) is 2.52. The lowest BCUT2D eigenvalue weighted by atomic mass is 9.98. The first-order chi connectivity index (χ1) is 12.5. The first-order valence-corrected chi connectivity index (χ1v) is 9.75. The highest BCUT2D eigenvalue weighted by atomic mass is 32.2. The van der Waals surface area contributed by atoms with E-state index >= 15 is 0 Å². The van der Waals surface area contributed by atoms with E-state index in [1.807, 2.05) is 0 Å². The molecule has 2 N–H and O–H groups in total. The minimum absolute atomic E-state index is 0.0502. The Morgan fingerprint density at radius 3 is 2.74 bits per heavy atom. The van der Waals surface area contributed by atoms with Gasteiger partial charge >= 0.3 is 12.3 Å². The number of carboxylic acid groups (broad SMARTS) is 1. The molecule has 1 saturated heterocycles. The van der Waals surface area contributed by atoms with Gasteiger partial charge in [-0.1, -0.05) is 0 Å². The van der Waals surface area contributed by atoms with Crippen LogP contribution in [0.15, 0.2) is 18.2 Å². The van der Waals surface area contributed by atoms with Crippen LogP contribution in [0.5, 0.6) is 5.75 Å². The maximum Gasteiger partial charge on any atom is 0.573 e. The van der Waals surface area contributed by atoms with Crippen LogP contribution < -0.4 is 9.46 Å². The fraction of sp³-hybridized carbons (Fsp3) is 0.533. The first kappa shape index (κ1) is 21.4. The summed E-state index contributed by atoms with van der Waals surface area (Å²) < 4.78 is 71.4. The summed E-state index contributed by atoms with van der Waals surface area (Å²) in [6.45, 7) is 1.03. The van der Waals surface area contributed by atoms with Crippen LogP contribution in [0.4, 0.5) is 13.2 Å². The Labute approximate surface area is 153 Å². The zero-order chi connectivity index (χ0) is 20.2. The predicted molar refractivity (Wildman–Crippen MR) is 88.1 cm³/mol. The number of hydrogen-bond donors (Lipinski definition) is 2. The van der Waals surface area contributed by atoms with E-state index in [2.05, 4.69) is 9.46 Å². The number of aromatic carboxylic acids is 1. The van der Waals surface area contributed by atoms with E-state index in [-0.39, 0.29) is 30.8 Å². The largest absolute Gasteiger partial charge is 0.573 e. The van der Waals surface area contributed by atoms with Crippen LogP contribution in [-0.4, -0.2) is 69.9 Å². The molecule has 1 aromatic rings. The smallest absolute Gasteiger partial charge is 0.478 e. The highest BCUT2D eigenvalue weighted by molar-refractivity contribution is 7.88. The fourth-order valence-electron chi connectivity index (χ4n) is 2.78. The third-order valence-electron chi connectivity index (χ3n) is 3.85. The van der Waals surface area contributed by atoms with Crippen molar-refractivity contribution in [3.05, 3.63) is 29.3 Å². The van der Waals surface area contributed by atoms with E-state index in [4.69, 9.17) is 4.74 Å². The van der Waals surface area contributed by atoms with Gasteiger partial charge in [-0.05, 0) is 23.8 Å². The SMILES string of the molecule is CS(=O)(=O)NCCN1CCOCC1c1cc(OC(F)(F)F)ccc1C(=O)O. The van der Waals surface area contributed by atoms with Crippen LogP contribution in [0.2, 0.25) is 0 Å². The molecule has 1 heterocycles. The molecule has 8 nitrogen and oxygen atoms in total. The maximum absolute atomic E-state index is 12.5. The van der Waals surface area contributed by atoms with Crippen molar-refractivity contribution in [1.82, 2.24) is 9.62 Å². The number of nitrogens with one attached hydrogen (secondary N) is 1. The summed E-state index contributed by atoms with van der Waals surface area (Å²) in [7, 11) is -3.40. The highest BCUT2D eigenvalue weighted by Crippen LogP contribution is 2.32. The maximum atomic E-state index is 12.5. The molecule has 0 saturated carbocycles. The summed E-state index contributed by atoms with van der Waals surface area (Å²) in [5.74, 6) is -1.84. The van der Waals surface area contributed by atoms with Gasteiger partial charge in [-0.2, -0.15) is 0 Å². The zero-order valence-electron chi connectivity index (χ0n) is 14.3. The lowest BCUT2D eigenvalue weighted by molar-refractivity contribution is -0.274. The van der Waals surface area contributed by atoms with Gasteiger partial charge < -0.3 is 14.6 Å². The number of benzene rings is 1. The molecular formula is C15H19F3N2O6S. The molecule has 0 aromatic heterocycles. The normalized spacial score (nSPS) is 19.0. The van der Waals surface area contributed by atoms with Gasteiger partial charge in [-0.25, -0.2) is 17.9 Å². The Kier molecular flexibility index (Phi) is 6.68. The van der Waals surface area contributed by atoms with Crippen LogP contribution in [0.3, 0.4) is 0 Å². The van der Waals surface area contributed by atoms with E-state index < -0.39 is 34.1 Å². The average molecular weight is 412 g/mol. The van der Waals surface area contributed by atoms with Crippen molar-refractivity contribution in [3.63, 3.8) is 0 Å². The fourth-order valence-corrected chi connectivity index (χ4v) is 3.24. The molecule has 1 aliphatic rings. The van der Waals surface area contributed by atoms with Gasteiger partial charge in [0.1, 0.15) is 5.75 Å². The second-order valence-electron chi connectivity index (χ2n) is 5.90. The van der Waals surface area contributed by atoms with Gasteiger partial charge in [0.05, 0.1) is 31.1 Å². The monoisotopic (exact) mass is 412 g/mol. The lowest BCUT2D eigenvalue weighted by Gasteiger charge is -2.36. The zero-order valence-corrected chi connectivity index (χ0v) is 15.1. The highest BCUT2D eigenvalue weighted by Gasteiger charge is 2.33. The molecule has 27 heavy (non-hydrogen) atoms. The van der Waals surface area contributed by atoms with Gasteiger partial charge in [0.2, 0.25) is 10.0 Å². The molecular weight excluding hydrogens is 393 g/mol. The number of halogens is 3. The van der Waals surface area contributed by atoms with Crippen molar-refractivity contribution in [1.29, 1.82) is 0 Å². The van der Waals surface area contributed by atoms with Crippen molar-refractivity contribution in [3.8, 4) is 5.75 Å². The van der Waals surface area contributed by atoms with E-state index in [1.165, 1.54) is 0 Å². The molecule has 1 aliphatic heterocycles. The van der Waals surface area contributed by atoms with Gasteiger partial charge in [0, 0.05) is 19.6 Å². The number of sulfonamides is 1. The van der Waals surface area contributed by atoms with Gasteiger partial charge in [-0.3, -0.25) is 4.90 Å². The molecule has 0 aliphatic carbocycles. The number of nitrogens with zero attached hydrogens (tertiary/aromatic N) is 1. The molecule has 12 heteroatoms. The van der Waals surface area contributed by atoms with Crippen molar-refractivity contribution in [2.45, 2.75) is 12.4 Å². The molecule has 0 spiro atoms. The number of morpholine rings is 1. The summed E-state index contributed by atoms with van der Waals surface area (Å²) in [4.78, 5) is 13.2. The van der Waals surface area contributed by atoms with E-state index in [0.717, 1.165) is 24.5 Å². The number of carboxylic acids is 1. The molecule has 1 aromatic carbocycles. The second-order valence-corrected chi connectivity index (χ2v) is 7.73. The molecule has 152 valence electrons. The van der Waals surface area contributed by atoms with Crippen molar-refractivity contribution in [2.24, 2.45) is 0 Å². The number of ether oxygens (including phenoxy) is 2. The number of alkyl halides is 3. The van der Waals surface area contributed by atoms with Crippen LogP contribution >= 0.6 is 0 Å². The quantitative estimate of drug-likeness (QED) is 0.694. The van der Waals surface area contributed by atoms with Crippen LogP contribution in [0.1, 0.15) is 22.0 Å². The van der Waals surface area contributed by atoms with Crippen molar-refractivity contribution in [2.75, 3.05) is 39.1 Å². The summed E-state index contributed by atoms with van der Waals surface area (Å²) in [5.41, 5.74) is -0.0793. The minimum atomic E-state index is -4.91. The Bertz CT molecular complexity index is 784. The van der Waals surface area contributed by atoms with E-state index in [0.29, 0.717) is 13.2 Å². The molecule has 2 rings (SSSR count). The van der Waals surface area contributed by atoms with Crippen LogP contribution in [0, 0.1) is 0 Å². The third-order valence-corrected chi connectivity index (χ3v) is 4.58. The lowest BCUT2D eigenvalue weighted by Crippen LogP contribution is -2.44. The number of rotatable bonds is 7. The van der Waals surface area contributed by atoms with E-state index in [9.17, 15) is 31.5 Å². The molecule has 1 atom stereocenters. The van der Waals surface area contributed by atoms with Gasteiger partial charge in [0.15, 0.2) is 0 Å². The summed E-state index contributed by atoms with van der Waals surface area (Å²) in [6, 6.07) is 2.33. The van der Waals surface area contributed by atoms with Crippen molar-refractivity contribution < 1.29 is 41.0 Å². The summed E-state index contributed by atoms with van der Waals surface area (Å²) >= 11 is 0. The van der Waals surface area contributed by atoms with Crippen molar-refractivity contribution >= 4 is 16.0 Å². The van der Waals surface area contributed by atoms with E-state index in [1.54, 1.807) is 4.90 Å². The number of carbonyl (C=O) groups is 1. The Morgan fingerprint density at radius 2 is 2.15 bits per heavy atom. The summed E-state index contributed by atoms with van der Waals surface area (Å²) in [5, 5.41) is 9.37. The second kappa shape index (κ2) is 8.42. The Morgan fingerprint density at radius 1 is 1.44 bits per heavy atom. The minimum Gasteiger partial charge on any atom is -0.478 e. The molecule has 0 amide bonds. The molecule has 0 bridgehead atoms. The van der Waals surface area contributed by atoms with Gasteiger partial charge in [0.25, 0.3) is 0 Å². The predicted octanol–water partition coefficient (Wildman–Crippen LogP) is 1.21. The first-order valence-electron chi connectivity index (χ1n) is 7.86. The topological polar surface area (TPSA) is 105 Å². The Balaban J connectivity index is 2.29. The van der Waals surface area contributed by atoms with Crippen LogP contribution in [-0.2, 0) is 14.8 Å². The van der Waals surface area contributed by atoms with Gasteiger partial charge in [-0.15, -0.1) is 13.2 Å². The third kappa shape index (κ3) is 6.65. The number of hydrogen-bond acceptors (Lipinski definition) is 6. The Hall–Kier alpha value is -1.89. The summed E-state index contributed by atoms with van der Waals surface area (Å²) in [6.07, 6.45) is -3.91. The molecule has 1 fully saturated rings. The molecule has 0 radical (unpaired) electrons. The molecule has 1 unspecified atom stereocenters. The van der Waals surface area contributed by atoms with Crippen LogP contribution in [0.25, 0.3) is 0 Å². The standard InChI is InChI=1S/C15H19F3N2O6S/c1-27(23,24)19-4-5-20-6-7-25-9-13(20)12-8-10(26-15(16,17)18)2-3-11(12)14(21)22/h2-3,8,13,19H,4-7,9H2,1H3,(H,21,22).